The van der Waals surface area contributed by atoms with Crippen LogP contribution in [0.3, 0.4) is 0 Å². The molecule has 2 fully saturated rings. The molecule has 460 valence electrons. The monoisotopic (exact) mass is 1220 g/mol. The lowest BCUT2D eigenvalue weighted by Crippen LogP contribution is -2.53. The van der Waals surface area contributed by atoms with Crippen molar-refractivity contribution in [3.63, 3.8) is 0 Å². The minimum absolute atomic E-state index is 0.00188. The molecule has 2 unspecified atom stereocenters. The number of benzene rings is 9. The molecule has 2 aliphatic heterocycles. The van der Waals surface area contributed by atoms with Crippen molar-refractivity contribution in [2.75, 3.05) is 55.9 Å². The molecule has 90 heavy (non-hydrogen) atoms. The predicted octanol–water partition coefficient (Wildman–Crippen LogP) is 13.1. The van der Waals surface area contributed by atoms with Crippen molar-refractivity contribution in [1.82, 2.24) is 9.80 Å². The van der Waals surface area contributed by atoms with Gasteiger partial charge in [-0.1, -0.05) is 24.3 Å². The Labute approximate surface area is 516 Å². The molecule has 9 aromatic rings. The summed E-state index contributed by atoms with van der Waals surface area (Å²) in [5.74, 6) is -2.56. The lowest BCUT2D eigenvalue weighted by molar-refractivity contribution is -0.156. The van der Waals surface area contributed by atoms with E-state index in [0.29, 0.717) is 48.7 Å². The zero-order valence-corrected chi connectivity index (χ0v) is 50.2. The van der Waals surface area contributed by atoms with E-state index in [2.05, 4.69) is 0 Å². The summed E-state index contributed by atoms with van der Waals surface area (Å²) >= 11 is 0. The van der Waals surface area contributed by atoms with Crippen molar-refractivity contribution in [3.05, 3.63) is 144 Å². The number of carbonyl (C=O) groups is 6. The normalized spacial score (nSPS) is 15.7. The maximum atomic E-state index is 15.9. The third-order valence-electron chi connectivity index (χ3n) is 17.0. The summed E-state index contributed by atoms with van der Waals surface area (Å²) in [6.45, 7) is -0.812. The predicted molar refractivity (Wildman–Crippen MR) is 329 cm³/mol. The second-order valence-electron chi connectivity index (χ2n) is 22.4. The molecule has 9 aromatic carbocycles. The molecule has 2 saturated carbocycles. The van der Waals surface area contributed by atoms with Crippen molar-refractivity contribution in [3.8, 4) is 69.0 Å². The Bertz CT molecular complexity index is 3870. The van der Waals surface area contributed by atoms with Gasteiger partial charge < -0.3 is 56.8 Å². The summed E-state index contributed by atoms with van der Waals surface area (Å²) in [5, 5.41) is 1.43. The van der Waals surface area contributed by atoms with Crippen molar-refractivity contribution < 1.29 is 85.6 Å². The lowest BCUT2D eigenvalue weighted by atomic mass is 9.80. The molecule has 4 amide bonds. The molecule has 2 aliphatic carbocycles. The number of rotatable bonds is 22. The van der Waals surface area contributed by atoms with Gasteiger partial charge in [-0.2, -0.15) is 0 Å². The molecule has 0 radical (unpaired) electrons. The molecule has 0 aromatic heterocycles. The van der Waals surface area contributed by atoms with E-state index < -0.39 is 73.1 Å². The quantitative estimate of drug-likeness (QED) is 0.0266. The Hall–Kier alpha value is -10.2. The number of hydrogen-bond donors (Lipinski definition) is 0. The number of nitrogens with zero attached hydrogens (tertiary/aromatic N) is 2. The standard InChI is InChI=1S/C70H62N2O18/c1-79-35-51(69(77)89-37-15-7-8-16-37)71-65(73)47-31-53(85-43-23-11-19-39(27-43)81-3)59-61-55(87-45-25-13-21-41(29-45)83-5)33-49-58-50(68(76)72(67(49)75)52(36-80-2)70(78)90-38-17-9-10-18-38)34-56(88-46-26-14-22-42(30-46)84-6)62(64(58)61)60-54(32-48(66(71)74)57(47)63(59)60)86-44-24-12-20-40(28-44)82-4/h11-14,19-34,37-38,51-52H,7-10,15-18,35-36H2,1-6H3. The Morgan fingerprint density at radius 1 is 0.367 bits per heavy atom. The molecule has 0 spiro atoms. The van der Waals surface area contributed by atoms with Gasteiger partial charge in [-0.05, 0) is 124 Å². The Morgan fingerprint density at radius 2 is 0.622 bits per heavy atom. The first-order chi connectivity index (χ1) is 43.8. The molecule has 2 heterocycles. The van der Waals surface area contributed by atoms with Crippen LogP contribution >= 0.6 is 0 Å². The van der Waals surface area contributed by atoms with Gasteiger partial charge in [-0.3, -0.25) is 29.0 Å². The topological polar surface area (TPSA) is 220 Å². The van der Waals surface area contributed by atoms with E-state index in [1.807, 2.05) is 0 Å². The number of hydrogen-bond acceptors (Lipinski definition) is 18. The molecule has 0 bridgehead atoms. The van der Waals surface area contributed by atoms with E-state index in [1.54, 1.807) is 97.1 Å². The van der Waals surface area contributed by atoms with Crippen LogP contribution in [0.15, 0.2) is 121 Å². The third kappa shape index (κ3) is 10.4. The van der Waals surface area contributed by atoms with E-state index in [9.17, 15) is 9.59 Å². The highest BCUT2D eigenvalue weighted by Gasteiger charge is 2.47. The van der Waals surface area contributed by atoms with Gasteiger partial charge >= 0.3 is 11.9 Å². The largest absolute Gasteiger partial charge is 0.497 e. The molecule has 20 heteroatoms. The van der Waals surface area contributed by atoms with Gasteiger partial charge in [0.05, 0.1) is 63.9 Å². The fourth-order valence-electron chi connectivity index (χ4n) is 12.9. The minimum Gasteiger partial charge on any atom is -0.497 e. The summed E-state index contributed by atoms with van der Waals surface area (Å²) in [6.07, 6.45) is 4.98. The maximum absolute atomic E-state index is 15.9. The zero-order valence-electron chi connectivity index (χ0n) is 50.2. The van der Waals surface area contributed by atoms with Crippen LogP contribution in [0.2, 0.25) is 0 Å². The van der Waals surface area contributed by atoms with Crippen LogP contribution in [0, 0.1) is 0 Å². The van der Waals surface area contributed by atoms with E-state index in [-0.39, 0.29) is 111 Å². The second-order valence-corrected chi connectivity index (χ2v) is 22.4. The van der Waals surface area contributed by atoms with Crippen LogP contribution in [0.1, 0.15) is 92.8 Å². The van der Waals surface area contributed by atoms with Crippen LogP contribution in [0.25, 0.3) is 43.1 Å². The fourth-order valence-corrected chi connectivity index (χ4v) is 12.9. The van der Waals surface area contributed by atoms with Crippen LogP contribution in [-0.2, 0) is 28.5 Å². The second kappa shape index (κ2) is 24.4. The number of ether oxygens (including phenoxy) is 12. The molecule has 0 N–H and O–H groups in total. The van der Waals surface area contributed by atoms with Crippen LogP contribution in [-0.4, -0.2) is 126 Å². The molecule has 0 saturated heterocycles. The van der Waals surface area contributed by atoms with Gasteiger partial charge in [-0.25, -0.2) is 9.59 Å². The number of esters is 2. The maximum Gasteiger partial charge on any atom is 0.332 e. The smallest absolute Gasteiger partial charge is 0.332 e. The summed E-state index contributed by atoms with van der Waals surface area (Å²) in [4.78, 5) is 94.5. The minimum atomic E-state index is -1.55. The Morgan fingerprint density at radius 3 is 0.867 bits per heavy atom. The highest BCUT2D eigenvalue weighted by atomic mass is 16.6. The SMILES string of the molecule is COCC(C(=O)OC1CCCC1)N1C(=O)c2cc(Oc3cccc(OC)c3)c3c4c(Oc5cccc(OC)c5)cc5c6c(cc(Oc7cccc(OC)c7)c(c7c(Oc8cccc(OC)c8)cc(c2c37)C1=O)c64)C(=O)N(C(COC)C(=O)OC1CCCC1)C5=O. The average Bonchev–Trinajstić information content (AvgIpc) is 0.734. The van der Waals surface area contributed by atoms with Crippen LogP contribution in [0.4, 0.5) is 0 Å². The lowest BCUT2D eigenvalue weighted by Gasteiger charge is -2.35. The number of carbonyl (C=O) groups excluding carboxylic acids is 6. The van der Waals surface area contributed by atoms with Gasteiger partial charge in [0.2, 0.25) is 0 Å². The number of imide groups is 2. The molecule has 13 rings (SSSR count). The molecular weight excluding hydrogens is 1160 g/mol. The van der Waals surface area contributed by atoms with Gasteiger partial charge in [-0.15, -0.1) is 0 Å². The van der Waals surface area contributed by atoms with E-state index in [4.69, 9.17) is 56.8 Å². The first-order valence-corrected chi connectivity index (χ1v) is 29.6. The van der Waals surface area contributed by atoms with E-state index in [1.165, 1.54) is 66.9 Å². The summed E-state index contributed by atoms with van der Waals surface area (Å²) in [7, 11) is 8.73. The fraction of sp³-hybridized carbons (Fsp3) is 0.286. The number of methoxy groups -OCH3 is 6. The molecular formula is C70H62N2O18. The van der Waals surface area contributed by atoms with Crippen LogP contribution < -0.4 is 37.9 Å². The number of amides is 4. The Balaban J connectivity index is 1.20. The Kier molecular flexibility index (Phi) is 16.0. The zero-order chi connectivity index (χ0) is 62.5. The van der Waals surface area contributed by atoms with Crippen molar-refractivity contribution >= 4 is 78.7 Å². The molecule has 20 nitrogen and oxygen atoms in total. The van der Waals surface area contributed by atoms with Crippen LogP contribution in [0.5, 0.6) is 69.0 Å². The highest BCUT2D eigenvalue weighted by Crippen LogP contribution is 2.58. The molecule has 4 aliphatic rings. The average molecular weight is 1220 g/mol. The highest BCUT2D eigenvalue weighted by molar-refractivity contribution is 6.45. The first kappa shape index (κ1) is 58.8. The van der Waals surface area contributed by atoms with Gasteiger partial charge in [0, 0.05) is 81.6 Å². The van der Waals surface area contributed by atoms with Gasteiger partial charge in [0.15, 0.2) is 12.1 Å². The van der Waals surface area contributed by atoms with Crippen molar-refractivity contribution in [2.24, 2.45) is 0 Å². The number of fused-ring (bicyclic) bond motifs is 2. The summed E-state index contributed by atoms with van der Waals surface area (Å²) in [5.41, 5.74) is -0.280. The van der Waals surface area contributed by atoms with E-state index in [0.717, 1.165) is 35.5 Å². The van der Waals surface area contributed by atoms with Gasteiger partial charge in [0.25, 0.3) is 23.6 Å². The molecule has 2 atom stereocenters. The van der Waals surface area contributed by atoms with Gasteiger partial charge in [0.1, 0.15) is 81.2 Å². The summed E-state index contributed by atoms with van der Waals surface area (Å²) < 4.78 is 74.4. The van der Waals surface area contributed by atoms with Crippen molar-refractivity contribution in [2.45, 2.75) is 75.7 Å². The third-order valence-corrected chi connectivity index (χ3v) is 17.0. The van der Waals surface area contributed by atoms with E-state index >= 15 is 19.2 Å². The first-order valence-electron chi connectivity index (χ1n) is 29.6. The summed E-state index contributed by atoms with van der Waals surface area (Å²) in [6, 6.07) is 30.0. The van der Waals surface area contributed by atoms with Crippen molar-refractivity contribution in [1.29, 1.82) is 0 Å².